The highest BCUT2D eigenvalue weighted by Crippen LogP contribution is 2.28. The Labute approximate surface area is 144 Å². The van der Waals surface area contributed by atoms with E-state index in [4.69, 9.17) is 4.74 Å². The van der Waals surface area contributed by atoms with Gasteiger partial charge >= 0.3 is 0 Å². The Kier molecular flexibility index (Phi) is 7.76. The Morgan fingerprint density at radius 2 is 2.17 bits per heavy atom. The maximum absolute atomic E-state index is 5.64. The largest absolute Gasteiger partial charge is 0.381 e. The van der Waals surface area contributed by atoms with Gasteiger partial charge in [0.15, 0.2) is 5.96 Å². The summed E-state index contributed by atoms with van der Waals surface area (Å²) in [6, 6.07) is 6.58. The van der Waals surface area contributed by atoms with Gasteiger partial charge in [0.2, 0.25) is 0 Å². The van der Waals surface area contributed by atoms with Crippen LogP contribution in [0.5, 0.6) is 0 Å². The van der Waals surface area contributed by atoms with Crippen molar-refractivity contribution in [1.82, 2.24) is 10.6 Å². The van der Waals surface area contributed by atoms with Crippen LogP contribution in [0, 0.1) is 12.8 Å². The van der Waals surface area contributed by atoms with Gasteiger partial charge in [-0.15, -0.1) is 11.8 Å². The number of hydrogen-bond acceptors (Lipinski definition) is 3. The predicted molar refractivity (Wildman–Crippen MR) is 99.3 cm³/mol. The number of nitrogens with one attached hydrogen (secondary N) is 2. The number of guanidine groups is 1. The second-order valence-corrected chi connectivity index (χ2v) is 6.89. The molecule has 0 heterocycles. The lowest BCUT2D eigenvalue weighted by atomic mass is 10.1. The van der Waals surface area contributed by atoms with Crippen molar-refractivity contribution in [3.63, 3.8) is 0 Å². The van der Waals surface area contributed by atoms with Crippen molar-refractivity contribution < 1.29 is 4.74 Å². The Hall–Kier alpha value is -1.20. The van der Waals surface area contributed by atoms with Gasteiger partial charge in [0, 0.05) is 38.2 Å². The summed E-state index contributed by atoms with van der Waals surface area (Å²) in [5.74, 6) is 1.69. The Morgan fingerprint density at radius 1 is 1.35 bits per heavy atom. The first-order valence-electron chi connectivity index (χ1n) is 8.38. The molecule has 1 fully saturated rings. The number of rotatable bonds is 9. The minimum atomic E-state index is 0.786. The Bertz CT molecular complexity index is 515. The van der Waals surface area contributed by atoms with Crippen LogP contribution in [0.2, 0.25) is 0 Å². The second-order valence-electron chi connectivity index (χ2n) is 6.04. The molecule has 1 aliphatic carbocycles. The monoisotopic (exact) mass is 335 g/mol. The molecule has 5 heteroatoms. The Morgan fingerprint density at radius 3 is 2.87 bits per heavy atom. The van der Waals surface area contributed by atoms with Crippen LogP contribution < -0.4 is 10.6 Å². The van der Waals surface area contributed by atoms with Gasteiger partial charge < -0.3 is 15.4 Å². The van der Waals surface area contributed by atoms with E-state index in [2.05, 4.69) is 47.0 Å². The summed E-state index contributed by atoms with van der Waals surface area (Å²) in [5.41, 5.74) is 2.60. The van der Waals surface area contributed by atoms with Crippen molar-refractivity contribution in [1.29, 1.82) is 0 Å². The van der Waals surface area contributed by atoms with E-state index in [1.165, 1.54) is 28.9 Å². The van der Waals surface area contributed by atoms with E-state index in [-0.39, 0.29) is 0 Å². The van der Waals surface area contributed by atoms with Crippen molar-refractivity contribution in [2.24, 2.45) is 10.9 Å². The number of benzene rings is 1. The Balaban J connectivity index is 1.65. The van der Waals surface area contributed by atoms with Crippen LogP contribution in [0.3, 0.4) is 0 Å². The summed E-state index contributed by atoms with van der Waals surface area (Å²) in [5, 5.41) is 6.73. The number of ether oxygens (including phenoxy) is 1. The van der Waals surface area contributed by atoms with E-state index in [1.807, 2.05) is 7.05 Å². The third-order valence-corrected chi connectivity index (χ3v) is 4.74. The van der Waals surface area contributed by atoms with Crippen molar-refractivity contribution in [3.05, 3.63) is 29.3 Å². The zero-order valence-electron chi connectivity index (χ0n) is 14.5. The molecule has 23 heavy (non-hydrogen) atoms. The summed E-state index contributed by atoms with van der Waals surface area (Å²) in [7, 11) is 1.81. The van der Waals surface area contributed by atoms with E-state index in [9.17, 15) is 0 Å². The summed E-state index contributed by atoms with van der Waals surface area (Å²) in [6.45, 7) is 5.57. The lowest BCUT2D eigenvalue weighted by Crippen LogP contribution is -2.37. The maximum atomic E-state index is 5.64. The van der Waals surface area contributed by atoms with Crippen molar-refractivity contribution in [2.75, 3.05) is 33.1 Å². The molecule has 0 aromatic heterocycles. The maximum Gasteiger partial charge on any atom is 0.191 e. The zero-order chi connectivity index (χ0) is 16.5. The van der Waals surface area contributed by atoms with Crippen molar-refractivity contribution in [3.8, 4) is 0 Å². The SMILES string of the molecule is CN=C(NCCCOCC1CC1)NCc1ccc(C)cc1SC. The van der Waals surface area contributed by atoms with Crippen LogP contribution in [-0.2, 0) is 11.3 Å². The molecule has 2 N–H and O–H groups in total. The van der Waals surface area contributed by atoms with Gasteiger partial charge in [-0.05, 0) is 55.6 Å². The topological polar surface area (TPSA) is 45.7 Å². The van der Waals surface area contributed by atoms with Crippen LogP contribution in [0.4, 0.5) is 0 Å². The highest BCUT2D eigenvalue weighted by molar-refractivity contribution is 7.98. The van der Waals surface area contributed by atoms with Crippen LogP contribution in [-0.4, -0.2) is 39.0 Å². The van der Waals surface area contributed by atoms with E-state index >= 15 is 0 Å². The summed E-state index contributed by atoms with van der Waals surface area (Å²) >= 11 is 1.79. The quantitative estimate of drug-likeness (QED) is 0.315. The molecule has 0 spiro atoms. The lowest BCUT2D eigenvalue weighted by Gasteiger charge is -2.14. The predicted octanol–water partition coefficient (Wildman–Crippen LogP) is 3.20. The minimum Gasteiger partial charge on any atom is -0.381 e. The van der Waals surface area contributed by atoms with Gasteiger partial charge in [-0.3, -0.25) is 4.99 Å². The van der Waals surface area contributed by atoms with Crippen LogP contribution in [0.1, 0.15) is 30.4 Å². The molecule has 0 aliphatic heterocycles. The van der Waals surface area contributed by atoms with Crippen LogP contribution >= 0.6 is 11.8 Å². The summed E-state index contributed by atoms with van der Waals surface area (Å²) in [4.78, 5) is 5.60. The lowest BCUT2D eigenvalue weighted by molar-refractivity contribution is 0.123. The first-order chi connectivity index (χ1) is 11.2. The highest BCUT2D eigenvalue weighted by Gasteiger charge is 2.20. The molecule has 128 valence electrons. The minimum absolute atomic E-state index is 0.786. The summed E-state index contributed by atoms with van der Waals surface area (Å²) < 4.78 is 5.64. The van der Waals surface area contributed by atoms with Crippen LogP contribution in [0.15, 0.2) is 28.1 Å². The average molecular weight is 336 g/mol. The van der Waals surface area contributed by atoms with Crippen molar-refractivity contribution >= 4 is 17.7 Å². The smallest absolute Gasteiger partial charge is 0.191 e. The van der Waals surface area contributed by atoms with Crippen molar-refractivity contribution in [2.45, 2.75) is 37.6 Å². The molecule has 1 aliphatic rings. The molecule has 1 aromatic rings. The van der Waals surface area contributed by atoms with Gasteiger partial charge in [0.05, 0.1) is 0 Å². The third kappa shape index (κ3) is 6.83. The standard InChI is InChI=1S/C18H29N3OS/c1-14-5-8-16(17(11-14)23-3)12-21-18(19-2)20-9-4-10-22-13-15-6-7-15/h5,8,11,15H,4,6-7,9-10,12-13H2,1-3H3,(H2,19,20,21). The van der Waals surface area contributed by atoms with E-state index in [0.29, 0.717) is 0 Å². The molecular weight excluding hydrogens is 306 g/mol. The third-order valence-electron chi connectivity index (χ3n) is 3.92. The van der Waals surface area contributed by atoms with E-state index in [1.54, 1.807) is 11.8 Å². The molecule has 1 saturated carbocycles. The molecular formula is C18H29N3OS. The average Bonchev–Trinajstić information content (AvgIpc) is 3.38. The van der Waals surface area contributed by atoms with Gasteiger partial charge in [0.1, 0.15) is 0 Å². The van der Waals surface area contributed by atoms with Gasteiger partial charge in [-0.1, -0.05) is 12.1 Å². The summed E-state index contributed by atoms with van der Waals surface area (Å²) in [6.07, 6.45) is 5.83. The molecule has 0 amide bonds. The molecule has 1 aromatic carbocycles. The van der Waals surface area contributed by atoms with Gasteiger partial charge in [-0.2, -0.15) is 0 Å². The molecule has 0 atom stereocenters. The first-order valence-corrected chi connectivity index (χ1v) is 9.61. The van der Waals surface area contributed by atoms with Gasteiger partial charge in [-0.25, -0.2) is 0 Å². The fourth-order valence-corrected chi connectivity index (χ4v) is 3.02. The highest BCUT2D eigenvalue weighted by atomic mass is 32.2. The number of aryl methyl sites for hydroxylation is 1. The molecule has 0 unspecified atom stereocenters. The number of thioether (sulfide) groups is 1. The fraction of sp³-hybridized carbons (Fsp3) is 0.611. The molecule has 0 bridgehead atoms. The molecule has 2 rings (SSSR count). The molecule has 0 radical (unpaired) electrons. The van der Waals surface area contributed by atoms with Gasteiger partial charge in [0.25, 0.3) is 0 Å². The normalized spacial score (nSPS) is 14.8. The number of nitrogens with zero attached hydrogens (tertiary/aromatic N) is 1. The zero-order valence-corrected chi connectivity index (χ0v) is 15.3. The molecule has 0 saturated heterocycles. The van der Waals surface area contributed by atoms with E-state index in [0.717, 1.165) is 44.6 Å². The second kappa shape index (κ2) is 9.83. The number of hydrogen-bond donors (Lipinski definition) is 2. The van der Waals surface area contributed by atoms with E-state index < -0.39 is 0 Å². The van der Waals surface area contributed by atoms with Crippen LogP contribution in [0.25, 0.3) is 0 Å². The first kappa shape index (κ1) is 18.1. The number of aliphatic imine (C=N–C) groups is 1. The molecule has 4 nitrogen and oxygen atoms in total. The fourth-order valence-electron chi connectivity index (χ4n) is 2.31.